The molecule has 7 heteroatoms. The number of H-pyrrole nitrogens is 1. The topological polar surface area (TPSA) is 75.6 Å². The minimum absolute atomic E-state index is 0.0193. The van der Waals surface area contributed by atoms with E-state index < -0.39 is 0 Å². The van der Waals surface area contributed by atoms with Crippen molar-refractivity contribution in [2.75, 3.05) is 5.32 Å². The molecule has 0 spiro atoms. The number of aromatic amines is 1. The highest BCUT2D eigenvalue weighted by Gasteiger charge is 2.13. The van der Waals surface area contributed by atoms with Crippen molar-refractivity contribution < 1.29 is 0 Å². The first-order valence-corrected chi connectivity index (χ1v) is 8.50. The van der Waals surface area contributed by atoms with Crippen molar-refractivity contribution in [3.63, 3.8) is 0 Å². The van der Waals surface area contributed by atoms with E-state index in [1.54, 1.807) is 17.1 Å². The van der Waals surface area contributed by atoms with E-state index in [-0.39, 0.29) is 17.5 Å². The number of hydrogen-bond acceptors (Lipinski definition) is 4. The molecule has 2 aromatic heterocycles. The number of hydrogen-bond donors (Lipinski definition) is 2. The molecule has 0 aliphatic rings. The molecule has 3 rings (SSSR count). The first-order chi connectivity index (χ1) is 12.0. The van der Waals surface area contributed by atoms with E-state index in [9.17, 15) is 4.79 Å². The van der Waals surface area contributed by atoms with Crippen LogP contribution in [0.5, 0.6) is 0 Å². The third-order valence-corrected chi connectivity index (χ3v) is 4.18. The molecule has 3 aromatic rings. The molecule has 6 nitrogen and oxygen atoms in total. The van der Waals surface area contributed by atoms with E-state index in [1.807, 2.05) is 44.2 Å². The number of aromatic nitrogens is 4. The second-order valence-electron chi connectivity index (χ2n) is 6.08. The van der Waals surface area contributed by atoms with Gasteiger partial charge in [0.15, 0.2) is 0 Å². The molecule has 2 N–H and O–H groups in total. The quantitative estimate of drug-likeness (QED) is 0.706. The third kappa shape index (κ3) is 4.48. The number of benzene rings is 1. The molecule has 0 radical (unpaired) electrons. The van der Waals surface area contributed by atoms with Crippen LogP contribution in [0.4, 0.5) is 5.95 Å². The lowest BCUT2D eigenvalue weighted by Crippen LogP contribution is -2.18. The zero-order valence-corrected chi connectivity index (χ0v) is 14.9. The lowest BCUT2D eigenvalue weighted by molar-refractivity contribution is 0.533. The molecule has 25 heavy (non-hydrogen) atoms. The summed E-state index contributed by atoms with van der Waals surface area (Å²) in [5.74, 6) is 0.482. The number of anilines is 1. The summed E-state index contributed by atoms with van der Waals surface area (Å²) in [5.41, 5.74) is 1.64. The summed E-state index contributed by atoms with van der Waals surface area (Å²) < 4.78 is 1.75. The summed E-state index contributed by atoms with van der Waals surface area (Å²) >= 11 is 5.89. The average molecular weight is 358 g/mol. The van der Waals surface area contributed by atoms with Crippen molar-refractivity contribution in [2.45, 2.75) is 32.4 Å². The van der Waals surface area contributed by atoms with Crippen molar-refractivity contribution >= 4 is 17.5 Å². The molecule has 2 heterocycles. The van der Waals surface area contributed by atoms with Gasteiger partial charge in [-0.2, -0.15) is 5.10 Å². The Morgan fingerprint density at radius 2 is 2.04 bits per heavy atom. The van der Waals surface area contributed by atoms with Gasteiger partial charge in [-0.3, -0.25) is 14.5 Å². The van der Waals surface area contributed by atoms with Crippen LogP contribution in [-0.4, -0.2) is 19.7 Å². The molecular formula is C18H20ClN5O. The largest absolute Gasteiger partial charge is 0.349 e. The molecule has 0 saturated heterocycles. The van der Waals surface area contributed by atoms with Crippen molar-refractivity contribution in [3.05, 3.63) is 75.4 Å². The van der Waals surface area contributed by atoms with Crippen LogP contribution in [0, 0.1) is 0 Å². The van der Waals surface area contributed by atoms with Crippen LogP contribution in [-0.2, 0) is 6.54 Å². The number of rotatable bonds is 6. The highest BCUT2D eigenvalue weighted by atomic mass is 35.5. The average Bonchev–Trinajstić information content (AvgIpc) is 3.00. The predicted molar refractivity (Wildman–Crippen MR) is 99.0 cm³/mol. The van der Waals surface area contributed by atoms with Crippen molar-refractivity contribution in [2.24, 2.45) is 0 Å². The molecule has 0 aliphatic carbocycles. The fourth-order valence-corrected chi connectivity index (χ4v) is 2.80. The monoisotopic (exact) mass is 357 g/mol. The Morgan fingerprint density at radius 3 is 2.72 bits per heavy atom. The number of nitrogens with zero attached hydrogens (tertiary/aromatic N) is 3. The van der Waals surface area contributed by atoms with Gasteiger partial charge in [-0.25, -0.2) is 4.98 Å². The van der Waals surface area contributed by atoms with Crippen LogP contribution in [0.2, 0.25) is 5.02 Å². The highest BCUT2D eigenvalue weighted by Crippen LogP contribution is 2.19. The summed E-state index contributed by atoms with van der Waals surface area (Å²) in [7, 11) is 0. The van der Waals surface area contributed by atoms with Gasteiger partial charge in [0.05, 0.1) is 23.0 Å². The van der Waals surface area contributed by atoms with Crippen LogP contribution in [0.25, 0.3) is 0 Å². The second-order valence-corrected chi connectivity index (χ2v) is 6.51. The molecule has 0 saturated carbocycles. The first kappa shape index (κ1) is 17.2. The molecular weight excluding hydrogens is 338 g/mol. The first-order valence-electron chi connectivity index (χ1n) is 8.12. The summed E-state index contributed by atoms with van der Waals surface area (Å²) in [4.78, 5) is 19.3. The predicted octanol–water partition coefficient (Wildman–Crippen LogP) is 3.60. The number of halogens is 1. The molecule has 0 aliphatic heterocycles. The Hall–Kier alpha value is -2.60. The molecule has 130 valence electrons. The summed E-state index contributed by atoms with van der Waals surface area (Å²) in [6, 6.07) is 11.6. The van der Waals surface area contributed by atoms with Crippen LogP contribution >= 0.6 is 11.6 Å². The fraction of sp³-hybridized carbons (Fsp3) is 0.278. The lowest BCUT2D eigenvalue weighted by Gasteiger charge is -2.16. The molecule has 0 bridgehead atoms. The molecule has 0 unspecified atom stereocenters. The van der Waals surface area contributed by atoms with Gasteiger partial charge in [0.2, 0.25) is 5.95 Å². The standard InChI is InChI=1S/C18H20ClN5O/c1-12(10-24-11-15(19)9-20-24)16-8-17(25)23-18(22-16)21-13(2)14-6-4-3-5-7-14/h3-9,11-13H,10H2,1-2H3,(H2,21,22,23,25)/t12-,13-/m1/s1. The number of nitrogens with one attached hydrogen (secondary N) is 2. The summed E-state index contributed by atoms with van der Waals surface area (Å²) in [6.45, 7) is 4.62. The molecule has 0 fully saturated rings. The van der Waals surface area contributed by atoms with Gasteiger partial charge in [-0.15, -0.1) is 0 Å². The van der Waals surface area contributed by atoms with E-state index >= 15 is 0 Å². The van der Waals surface area contributed by atoms with Crippen molar-refractivity contribution in [1.29, 1.82) is 0 Å². The van der Waals surface area contributed by atoms with E-state index in [2.05, 4.69) is 20.4 Å². The van der Waals surface area contributed by atoms with E-state index in [0.717, 1.165) is 5.56 Å². The third-order valence-electron chi connectivity index (χ3n) is 3.98. The maximum absolute atomic E-state index is 12.0. The van der Waals surface area contributed by atoms with Gasteiger partial charge in [0.1, 0.15) is 0 Å². The van der Waals surface area contributed by atoms with E-state index in [4.69, 9.17) is 11.6 Å². The van der Waals surface area contributed by atoms with Crippen molar-refractivity contribution in [3.8, 4) is 0 Å². The summed E-state index contributed by atoms with van der Waals surface area (Å²) in [6.07, 6.45) is 3.34. The zero-order chi connectivity index (χ0) is 17.8. The molecule has 0 amide bonds. The van der Waals surface area contributed by atoms with Crippen LogP contribution < -0.4 is 10.9 Å². The van der Waals surface area contributed by atoms with Gasteiger partial charge < -0.3 is 5.32 Å². The van der Waals surface area contributed by atoms with Gasteiger partial charge in [-0.1, -0.05) is 48.9 Å². The van der Waals surface area contributed by atoms with Gasteiger partial charge >= 0.3 is 0 Å². The molecule has 2 atom stereocenters. The Labute approximate surface area is 150 Å². The lowest BCUT2D eigenvalue weighted by atomic mass is 10.1. The maximum Gasteiger partial charge on any atom is 0.252 e. The minimum atomic E-state index is -0.182. The fourth-order valence-electron chi connectivity index (χ4n) is 2.64. The van der Waals surface area contributed by atoms with Crippen molar-refractivity contribution in [1.82, 2.24) is 19.7 Å². The van der Waals surface area contributed by atoms with Crippen LogP contribution in [0.3, 0.4) is 0 Å². The Bertz CT molecular complexity index is 890. The Morgan fingerprint density at radius 1 is 1.28 bits per heavy atom. The minimum Gasteiger partial charge on any atom is -0.349 e. The van der Waals surface area contributed by atoms with Crippen LogP contribution in [0.1, 0.15) is 37.1 Å². The van der Waals surface area contributed by atoms with E-state index in [1.165, 1.54) is 6.07 Å². The highest BCUT2D eigenvalue weighted by molar-refractivity contribution is 6.30. The normalized spacial score (nSPS) is 13.4. The van der Waals surface area contributed by atoms with Gasteiger partial charge in [0, 0.05) is 24.7 Å². The van der Waals surface area contributed by atoms with Gasteiger partial charge in [0.25, 0.3) is 5.56 Å². The Balaban J connectivity index is 1.77. The SMILES string of the molecule is C[C@H](Cn1cc(Cl)cn1)c1cc(=O)[nH]c(N[C@H](C)c2ccccc2)n1. The van der Waals surface area contributed by atoms with Gasteiger partial charge in [-0.05, 0) is 12.5 Å². The summed E-state index contributed by atoms with van der Waals surface area (Å²) in [5, 5.41) is 8.01. The zero-order valence-electron chi connectivity index (χ0n) is 14.1. The molecule has 1 aromatic carbocycles. The Kier molecular flexibility index (Phi) is 5.19. The van der Waals surface area contributed by atoms with Crippen LogP contribution in [0.15, 0.2) is 53.6 Å². The smallest absolute Gasteiger partial charge is 0.252 e. The maximum atomic E-state index is 12.0. The second kappa shape index (κ2) is 7.53. The van der Waals surface area contributed by atoms with E-state index in [0.29, 0.717) is 23.2 Å².